The van der Waals surface area contributed by atoms with E-state index in [0.717, 1.165) is 12.3 Å². The Balaban J connectivity index is 1.55. The molecule has 1 N–H and O–H groups in total. The topological polar surface area (TPSA) is 55.1 Å². The third kappa shape index (κ3) is 1.96. The van der Waals surface area contributed by atoms with E-state index in [4.69, 9.17) is 4.52 Å². The molecule has 3 rings (SSSR count). The minimum absolute atomic E-state index is 0.0949. The monoisotopic (exact) mass is 220 g/mol. The van der Waals surface area contributed by atoms with E-state index in [2.05, 4.69) is 10.5 Å². The molecule has 4 heteroatoms. The van der Waals surface area contributed by atoms with Gasteiger partial charge in [0.05, 0.1) is 0 Å². The second-order valence-corrected chi connectivity index (χ2v) is 4.90. The summed E-state index contributed by atoms with van der Waals surface area (Å²) in [6.07, 6.45) is 6.12. The number of carbonyl (C=O) groups excluding carboxylic acids is 1. The first-order valence-electron chi connectivity index (χ1n) is 6.08. The molecule has 2 fully saturated rings. The van der Waals surface area contributed by atoms with Crippen LogP contribution in [-0.2, 0) is 0 Å². The Morgan fingerprint density at radius 2 is 2.25 bits per heavy atom. The molecule has 86 valence electrons. The maximum absolute atomic E-state index is 11.7. The van der Waals surface area contributed by atoms with E-state index in [-0.39, 0.29) is 5.91 Å². The number of nitrogens with zero attached hydrogens (tertiary/aromatic N) is 1. The molecule has 16 heavy (non-hydrogen) atoms. The van der Waals surface area contributed by atoms with Crippen molar-refractivity contribution >= 4 is 5.91 Å². The minimum atomic E-state index is -0.0949. The predicted molar refractivity (Wildman–Crippen MR) is 58.2 cm³/mol. The van der Waals surface area contributed by atoms with E-state index in [9.17, 15) is 4.79 Å². The fraction of sp³-hybridized carbons (Fsp3) is 0.667. The first-order valence-corrected chi connectivity index (χ1v) is 6.08. The maximum Gasteiger partial charge on any atom is 0.273 e. The molecular formula is C12H16N2O2. The van der Waals surface area contributed by atoms with Gasteiger partial charge in [-0.1, -0.05) is 11.6 Å². The zero-order valence-corrected chi connectivity index (χ0v) is 9.24. The zero-order valence-electron chi connectivity index (χ0n) is 9.24. The standard InChI is InChI=1S/C12H16N2O2/c15-12(13-7-8-2-1-3-8)10-6-11(16-14-10)9-4-5-9/h6,8-9H,1-5,7H2,(H,13,15). The van der Waals surface area contributed by atoms with Gasteiger partial charge in [0.1, 0.15) is 5.76 Å². The van der Waals surface area contributed by atoms with Crippen LogP contribution in [0.4, 0.5) is 0 Å². The normalized spacial score (nSPS) is 20.5. The van der Waals surface area contributed by atoms with Crippen LogP contribution in [0, 0.1) is 5.92 Å². The first kappa shape index (κ1) is 9.87. The van der Waals surface area contributed by atoms with Crippen molar-refractivity contribution in [2.75, 3.05) is 6.54 Å². The number of hydrogen-bond acceptors (Lipinski definition) is 3. The van der Waals surface area contributed by atoms with Gasteiger partial charge in [-0.3, -0.25) is 4.79 Å². The lowest BCUT2D eigenvalue weighted by atomic mass is 9.85. The van der Waals surface area contributed by atoms with Crippen LogP contribution in [0.5, 0.6) is 0 Å². The summed E-state index contributed by atoms with van der Waals surface area (Å²) in [5, 5.41) is 6.72. The largest absolute Gasteiger partial charge is 0.360 e. The van der Waals surface area contributed by atoms with Gasteiger partial charge < -0.3 is 9.84 Å². The van der Waals surface area contributed by atoms with Crippen molar-refractivity contribution in [2.24, 2.45) is 5.92 Å². The summed E-state index contributed by atoms with van der Waals surface area (Å²) in [4.78, 5) is 11.7. The highest BCUT2D eigenvalue weighted by Gasteiger charge is 2.29. The number of nitrogens with one attached hydrogen (secondary N) is 1. The van der Waals surface area contributed by atoms with Crippen LogP contribution >= 0.6 is 0 Å². The number of rotatable bonds is 4. The zero-order chi connectivity index (χ0) is 11.0. The molecule has 0 atom stereocenters. The number of hydrogen-bond donors (Lipinski definition) is 1. The maximum atomic E-state index is 11.7. The molecule has 1 amide bonds. The van der Waals surface area contributed by atoms with Gasteiger partial charge in [0.25, 0.3) is 5.91 Å². The van der Waals surface area contributed by atoms with Crippen molar-refractivity contribution in [3.8, 4) is 0 Å². The lowest BCUT2D eigenvalue weighted by Crippen LogP contribution is -2.32. The Bertz CT molecular complexity index is 391. The average molecular weight is 220 g/mol. The van der Waals surface area contributed by atoms with Gasteiger partial charge in [0, 0.05) is 18.5 Å². The van der Waals surface area contributed by atoms with Crippen LogP contribution in [0.3, 0.4) is 0 Å². The summed E-state index contributed by atoms with van der Waals surface area (Å²) in [6.45, 7) is 0.782. The van der Waals surface area contributed by atoms with Crippen molar-refractivity contribution in [2.45, 2.75) is 38.0 Å². The van der Waals surface area contributed by atoms with Crippen LogP contribution in [-0.4, -0.2) is 17.6 Å². The Hall–Kier alpha value is -1.32. The number of amides is 1. The summed E-state index contributed by atoms with van der Waals surface area (Å²) in [5.41, 5.74) is 0.432. The SMILES string of the molecule is O=C(NCC1CCC1)c1cc(C2CC2)on1. The quantitative estimate of drug-likeness (QED) is 0.845. The van der Waals surface area contributed by atoms with E-state index in [1.807, 2.05) is 0 Å². The second kappa shape index (κ2) is 3.92. The molecule has 0 radical (unpaired) electrons. The Morgan fingerprint density at radius 1 is 1.44 bits per heavy atom. The van der Waals surface area contributed by atoms with E-state index >= 15 is 0 Å². The van der Waals surface area contributed by atoms with Crippen molar-refractivity contribution in [3.05, 3.63) is 17.5 Å². The second-order valence-electron chi connectivity index (χ2n) is 4.90. The van der Waals surface area contributed by atoms with Gasteiger partial charge in [-0.15, -0.1) is 0 Å². The van der Waals surface area contributed by atoms with Gasteiger partial charge in [-0.05, 0) is 31.6 Å². The molecule has 0 aliphatic heterocycles. The fourth-order valence-corrected chi connectivity index (χ4v) is 1.98. The summed E-state index contributed by atoms with van der Waals surface area (Å²) in [6, 6.07) is 1.79. The highest BCUT2D eigenvalue weighted by molar-refractivity contribution is 5.92. The predicted octanol–water partition coefficient (Wildman–Crippen LogP) is 2.08. The Labute approximate surface area is 94.4 Å². The van der Waals surface area contributed by atoms with Gasteiger partial charge >= 0.3 is 0 Å². The molecule has 0 spiro atoms. The highest BCUT2D eigenvalue weighted by Crippen LogP contribution is 2.40. The molecule has 0 saturated heterocycles. The number of carbonyl (C=O) groups is 1. The van der Waals surface area contributed by atoms with Crippen molar-refractivity contribution in [3.63, 3.8) is 0 Å². The third-order valence-corrected chi connectivity index (χ3v) is 3.52. The van der Waals surface area contributed by atoms with Crippen LogP contribution in [0.15, 0.2) is 10.6 Å². The van der Waals surface area contributed by atoms with Gasteiger partial charge in [0.2, 0.25) is 0 Å². The molecule has 2 aliphatic carbocycles. The molecule has 0 bridgehead atoms. The first-order chi connectivity index (χ1) is 7.83. The minimum Gasteiger partial charge on any atom is -0.360 e. The molecule has 1 aromatic heterocycles. The molecule has 0 unspecified atom stereocenters. The van der Waals surface area contributed by atoms with Crippen LogP contribution in [0.25, 0.3) is 0 Å². The van der Waals surface area contributed by atoms with E-state index in [1.54, 1.807) is 6.07 Å². The molecule has 4 nitrogen and oxygen atoms in total. The third-order valence-electron chi connectivity index (χ3n) is 3.52. The fourth-order valence-electron chi connectivity index (χ4n) is 1.98. The smallest absolute Gasteiger partial charge is 0.273 e. The average Bonchev–Trinajstić information content (AvgIpc) is 2.94. The molecule has 2 saturated carbocycles. The van der Waals surface area contributed by atoms with Crippen LogP contribution in [0.1, 0.15) is 54.3 Å². The summed E-state index contributed by atoms with van der Waals surface area (Å²) in [5.74, 6) is 1.97. The molecule has 1 heterocycles. The van der Waals surface area contributed by atoms with Crippen LogP contribution in [0.2, 0.25) is 0 Å². The van der Waals surface area contributed by atoms with Gasteiger partial charge in [-0.25, -0.2) is 0 Å². The number of aromatic nitrogens is 1. The molecular weight excluding hydrogens is 204 g/mol. The van der Waals surface area contributed by atoms with Gasteiger partial charge in [-0.2, -0.15) is 0 Å². The van der Waals surface area contributed by atoms with Crippen molar-refractivity contribution in [1.29, 1.82) is 0 Å². The van der Waals surface area contributed by atoms with E-state index in [0.29, 0.717) is 17.5 Å². The van der Waals surface area contributed by atoms with E-state index in [1.165, 1.54) is 32.1 Å². The molecule has 1 aromatic rings. The molecule has 0 aromatic carbocycles. The van der Waals surface area contributed by atoms with Crippen molar-refractivity contribution < 1.29 is 9.32 Å². The summed E-state index contributed by atoms with van der Waals surface area (Å²) >= 11 is 0. The van der Waals surface area contributed by atoms with Gasteiger partial charge in [0.15, 0.2) is 5.69 Å². The van der Waals surface area contributed by atoms with E-state index < -0.39 is 0 Å². The van der Waals surface area contributed by atoms with Crippen LogP contribution < -0.4 is 5.32 Å². The Morgan fingerprint density at radius 3 is 2.88 bits per heavy atom. The summed E-state index contributed by atoms with van der Waals surface area (Å²) < 4.78 is 5.15. The lowest BCUT2D eigenvalue weighted by Gasteiger charge is -2.24. The summed E-state index contributed by atoms with van der Waals surface area (Å²) in [7, 11) is 0. The Kier molecular flexibility index (Phi) is 2.42. The highest BCUT2D eigenvalue weighted by atomic mass is 16.5. The molecule has 2 aliphatic rings. The van der Waals surface area contributed by atoms with Crippen molar-refractivity contribution in [1.82, 2.24) is 10.5 Å². The lowest BCUT2D eigenvalue weighted by molar-refractivity contribution is 0.0930.